The van der Waals surface area contributed by atoms with Crippen molar-refractivity contribution in [1.82, 2.24) is 9.97 Å². The van der Waals surface area contributed by atoms with Gasteiger partial charge in [0.1, 0.15) is 11.6 Å². The molecule has 180 valence electrons. The van der Waals surface area contributed by atoms with Gasteiger partial charge in [-0.25, -0.2) is 28.3 Å². The van der Waals surface area contributed by atoms with Crippen LogP contribution in [0.5, 0.6) is 0 Å². The Kier molecular flexibility index (Phi) is 11.0. The van der Waals surface area contributed by atoms with Gasteiger partial charge in [0.2, 0.25) is 0 Å². The van der Waals surface area contributed by atoms with Crippen molar-refractivity contribution in [2.75, 3.05) is 40.6 Å². The largest absolute Gasteiger partial charge is 0.464 e. The maximum atomic E-state index is 13.0. The summed E-state index contributed by atoms with van der Waals surface area (Å²) < 4.78 is 44.7. The normalized spacial score (nSPS) is 15.0. The van der Waals surface area contributed by atoms with E-state index < -0.39 is 23.6 Å². The summed E-state index contributed by atoms with van der Waals surface area (Å²) in [5.41, 5.74) is 6.17. The number of nitrogens with two attached hydrogens (primary N) is 1. The predicted molar refractivity (Wildman–Crippen MR) is 121 cm³/mol. The number of methoxy groups -OCH3 is 2. The number of halogens is 3. The Morgan fingerprint density at radius 3 is 1.91 bits per heavy atom. The highest BCUT2D eigenvalue weighted by atomic mass is 127. The summed E-state index contributed by atoms with van der Waals surface area (Å²) in [5.74, 6) is -1.66. The van der Waals surface area contributed by atoms with Gasteiger partial charge < -0.3 is 24.7 Å². The van der Waals surface area contributed by atoms with E-state index in [1.165, 1.54) is 26.4 Å². The number of esters is 2. The summed E-state index contributed by atoms with van der Waals surface area (Å²) >= 11 is 1.82. The topological polar surface area (TPSA) is 123 Å². The van der Waals surface area contributed by atoms with E-state index in [1.54, 1.807) is 0 Å². The molecular formula is C21H24F2IN3O6. The summed E-state index contributed by atoms with van der Waals surface area (Å²) in [7, 11) is 2.53. The smallest absolute Gasteiger partial charge is 0.357 e. The van der Waals surface area contributed by atoms with Gasteiger partial charge in [0.15, 0.2) is 11.4 Å². The highest BCUT2D eigenvalue weighted by molar-refractivity contribution is 14.1. The van der Waals surface area contributed by atoms with Crippen LogP contribution in [-0.2, 0) is 25.4 Å². The highest BCUT2D eigenvalue weighted by Gasteiger charge is 2.23. The van der Waals surface area contributed by atoms with Gasteiger partial charge >= 0.3 is 11.9 Å². The molecule has 0 aliphatic carbocycles. The number of ether oxygens (including phenoxy) is 4. The summed E-state index contributed by atoms with van der Waals surface area (Å²) in [6.45, 7) is 2.83. The number of carbonyl (C=O) groups excluding carboxylic acids is 2. The second-order valence-corrected chi connectivity index (χ2v) is 8.20. The Labute approximate surface area is 203 Å². The maximum absolute atomic E-state index is 13.0. The lowest BCUT2D eigenvalue weighted by Gasteiger charge is -2.26. The van der Waals surface area contributed by atoms with Crippen LogP contribution in [0, 0.1) is 21.1 Å². The predicted octanol–water partition coefficient (Wildman–Crippen LogP) is 2.15. The van der Waals surface area contributed by atoms with Crippen molar-refractivity contribution in [1.29, 1.82) is 0 Å². The molecule has 0 spiro atoms. The summed E-state index contributed by atoms with van der Waals surface area (Å²) in [6.07, 6.45) is 2.59. The molecule has 2 N–H and O–H groups in total. The number of hydrogen-bond donors (Lipinski definition) is 1. The van der Waals surface area contributed by atoms with Crippen LogP contribution in [0.1, 0.15) is 26.5 Å². The van der Waals surface area contributed by atoms with Gasteiger partial charge in [0, 0.05) is 9.49 Å². The molecule has 0 saturated carbocycles. The average molecular weight is 579 g/mol. The molecule has 33 heavy (non-hydrogen) atoms. The molecule has 2 saturated heterocycles. The molecule has 2 aliphatic rings. The van der Waals surface area contributed by atoms with Crippen LogP contribution in [0.2, 0.25) is 0 Å². The lowest BCUT2D eigenvalue weighted by atomic mass is 9.97. The first-order valence-electron chi connectivity index (χ1n) is 9.78. The van der Waals surface area contributed by atoms with Gasteiger partial charge in [-0.3, -0.25) is 0 Å². The highest BCUT2D eigenvalue weighted by Crippen LogP contribution is 2.20. The first-order valence-corrected chi connectivity index (χ1v) is 10.9. The third kappa shape index (κ3) is 8.53. The average Bonchev–Trinajstić information content (AvgIpc) is 2.75. The second kappa shape index (κ2) is 13.4. The molecule has 0 amide bonds. The number of carbonyl (C=O) groups is 2. The van der Waals surface area contributed by atoms with Crippen molar-refractivity contribution in [3.63, 3.8) is 0 Å². The molecule has 0 bridgehead atoms. The van der Waals surface area contributed by atoms with Gasteiger partial charge in [0.05, 0.1) is 59.1 Å². The van der Waals surface area contributed by atoms with E-state index in [9.17, 15) is 18.4 Å². The maximum Gasteiger partial charge on any atom is 0.357 e. The number of nitrogens with zero attached hydrogens (tertiary/aromatic N) is 2. The molecule has 2 fully saturated rings. The molecule has 2 aromatic rings. The molecule has 0 radical (unpaired) electrons. The lowest BCUT2D eigenvalue weighted by molar-refractivity contribution is -0.0314. The van der Waals surface area contributed by atoms with Gasteiger partial charge in [-0.05, 0) is 46.7 Å². The summed E-state index contributed by atoms with van der Waals surface area (Å²) in [6, 6.07) is 2.90. The number of aromatic nitrogens is 2. The van der Waals surface area contributed by atoms with Crippen LogP contribution >= 0.6 is 22.6 Å². The Bertz CT molecular complexity index is 958. The standard InChI is InChI=1S/C11H12FNO3.C7H5FINO2.C3H7NO/c1-15-11(14)10-8(2-7-5-16-6-7)3-9(12)4-13-10;1-12-7(11)6-5(9)2-4(8)3-10-6;4-3-1-5-2-3/h3-4,7H,2,5-6H2,1H3;2-3H,1H3;3H,1-2,4H2. The number of hydrogen-bond acceptors (Lipinski definition) is 9. The summed E-state index contributed by atoms with van der Waals surface area (Å²) in [4.78, 5) is 29.7. The van der Waals surface area contributed by atoms with E-state index >= 15 is 0 Å². The molecule has 0 atom stereocenters. The Morgan fingerprint density at radius 2 is 1.48 bits per heavy atom. The molecule has 12 heteroatoms. The van der Waals surface area contributed by atoms with Crippen LogP contribution in [0.15, 0.2) is 24.5 Å². The van der Waals surface area contributed by atoms with Crippen molar-refractivity contribution >= 4 is 34.5 Å². The zero-order valence-corrected chi connectivity index (χ0v) is 20.2. The van der Waals surface area contributed by atoms with E-state index in [-0.39, 0.29) is 11.4 Å². The molecule has 4 rings (SSSR count). The van der Waals surface area contributed by atoms with E-state index in [1.807, 2.05) is 22.6 Å². The van der Waals surface area contributed by atoms with Crippen LogP contribution in [0.4, 0.5) is 8.78 Å². The van der Waals surface area contributed by atoms with Crippen LogP contribution in [-0.4, -0.2) is 68.6 Å². The summed E-state index contributed by atoms with van der Waals surface area (Å²) in [5, 5.41) is 0. The molecule has 2 aromatic heterocycles. The lowest BCUT2D eigenvalue weighted by Crippen LogP contribution is -2.41. The minimum Gasteiger partial charge on any atom is -0.464 e. The van der Waals surface area contributed by atoms with Crippen molar-refractivity contribution in [2.24, 2.45) is 11.7 Å². The quantitative estimate of drug-likeness (QED) is 0.429. The van der Waals surface area contributed by atoms with Crippen molar-refractivity contribution in [3.05, 3.63) is 56.7 Å². The number of rotatable bonds is 4. The van der Waals surface area contributed by atoms with Crippen LogP contribution in [0.3, 0.4) is 0 Å². The minimum atomic E-state index is -0.556. The molecule has 0 aromatic carbocycles. The third-order valence-corrected chi connectivity index (χ3v) is 5.20. The van der Waals surface area contributed by atoms with Crippen molar-refractivity contribution in [2.45, 2.75) is 12.5 Å². The molecule has 9 nitrogen and oxygen atoms in total. The van der Waals surface area contributed by atoms with E-state index in [0.717, 1.165) is 25.6 Å². The minimum absolute atomic E-state index is 0.138. The zero-order valence-electron chi connectivity index (χ0n) is 18.1. The van der Waals surface area contributed by atoms with E-state index in [2.05, 4.69) is 19.4 Å². The monoisotopic (exact) mass is 579 g/mol. The Morgan fingerprint density at radius 1 is 1.00 bits per heavy atom. The SMILES string of the molecule is COC(=O)c1ncc(F)cc1CC1COC1.COC(=O)c1ncc(F)cc1I.NC1COC1. The fourth-order valence-corrected chi connectivity index (χ4v) is 3.20. The first kappa shape index (κ1) is 27.0. The van der Waals surface area contributed by atoms with E-state index in [0.29, 0.717) is 40.7 Å². The molecule has 2 aliphatic heterocycles. The van der Waals surface area contributed by atoms with Gasteiger partial charge in [-0.1, -0.05) is 0 Å². The van der Waals surface area contributed by atoms with Gasteiger partial charge in [-0.15, -0.1) is 0 Å². The third-order valence-electron chi connectivity index (χ3n) is 4.38. The number of pyridine rings is 2. The fraction of sp³-hybridized carbons (Fsp3) is 0.429. The van der Waals surface area contributed by atoms with Crippen molar-refractivity contribution in [3.8, 4) is 0 Å². The second-order valence-electron chi connectivity index (χ2n) is 7.03. The Balaban J connectivity index is 0.000000198. The van der Waals surface area contributed by atoms with E-state index in [4.69, 9.17) is 15.2 Å². The van der Waals surface area contributed by atoms with Crippen LogP contribution in [0.25, 0.3) is 0 Å². The molecule has 0 unspecified atom stereocenters. The van der Waals surface area contributed by atoms with Gasteiger partial charge in [0.25, 0.3) is 0 Å². The fourth-order valence-electron chi connectivity index (χ4n) is 2.55. The Hall–Kier alpha value is -2.29. The first-order chi connectivity index (χ1) is 15.7. The molecule has 4 heterocycles. The van der Waals surface area contributed by atoms with Crippen molar-refractivity contribution < 1.29 is 37.3 Å². The zero-order chi connectivity index (χ0) is 24.4. The molecular weight excluding hydrogens is 555 g/mol. The van der Waals surface area contributed by atoms with Gasteiger partial charge in [-0.2, -0.15) is 0 Å². The van der Waals surface area contributed by atoms with Crippen LogP contribution < -0.4 is 5.73 Å².